The molecular formula is C20H17ClN4O6. The van der Waals surface area contributed by atoms with Gasteiger partial charge in [0, 0.05) is 11.2 Å². The van der Waals surface area contributed by atoms with Crippen LogP contribution in [0.3, 0.4) is 0 Å². The maximum absolute atomic E-state index is 12.8. The Morgan fingerprint density at radius 1 is 1.39 bits per heavy atom. The number of pyridine rings is 1. The summed E-state index contributed by atoms with van der Waals surface area (Å²) >= 11 is 5.93. The predicted octanol–water partition coefficient (Wildman–Crippen LogP) is 1.48. The molecule has 0 spiro atoms. The van der Waals surface area contributed by atoms with Gasteiger partial charge in [-0.1, -0.05) is 11.6 Å². The highest BCUT2D eigenvalue weighted by Gasteiger charge is 2.42. The quantitative estimate of drug-likeness (QED) is 0.626. The van der Waals surface area contributed by atoms with Crippen molar-refractivity contribution in [3.05, 3.63) is 56.8 Å². The van der Waals surface area contributed by atoms with E-state index in [4.69, 9.17) is 20.8 Å². The molecular weight excluding hydrogens is 428 g/mol. The van der Waals surface area contributed by atoms with Crippen molar-refractivity contribution in [3.8, 4) is 5.75 Å². The maximum Gasteiger partial charge on any atom is 0.276 e. The number of fused-ring (bicyclic) bond motifs is 3. The van der Waals surface area contributed by atoms with Crippen LogP contribution in [0, 0.1) is 0 Å². The lowest BCUT2D eigenvalue weighted by molar-refractivity contribution is 0.00624. The number of amides is 2. The number of rotatable bonds is 3. The second kappa shape index (κ2) is 7.10. The molecule has 3 aromatic rings. The first-order valence-electron chi connectivity index (χ1n) is 9.57. The van der Waals surface area contributed by atoms with Crippen molar-refractivity contribution in [2.24, 2.45) is 0 Å². The van der Waals surface area contributed by atoms with Gasteiger partial charge in [0.05, 0.1) is 25.7 Å². The Bertz CT molecular complexity index is 1300. The molecule has 5 rings (SSSR count). The number of halogens is 1. The summed E-state index contributed by atoms with van der Waals surface area (Å²) in [7, 11) is 0. The molecule has 0 unspecified atom stereocenters. The van der Waals surface area contributed by atoms with E-state index in [0.717, 1.165) is 0 Å². The first-order valence-corrected chi connectivity index (χ1v) is 9.95. The first-order chi connectivity index (χ1) is 14.8. The van der Waals surface area contributed by atoms with Crippen LogP contribution < -0.4 is 10.7 Å². The lowest BCUT2D eigenvalue weighted by Crippen LogP contribution is -2.49. The standard InChI is InChI=1S/C20H17ClN4O6/c1-9-8-30-15-7-24-6-11(17(26)18(27)16(24)20(29)25(9)15)19(28)22-5-14-23-12-4-10(21)2-3-13(12)31-14/h2-4,6,9,15,27H,5,7-8H2,1H3,(H,22,28)/t9-,15+/m0/s1. The molecule has 0 bridgehead atoms. The van der Waals surface area contributed by atoms with Crippen molar-refractivity contribution in [1.82, 2.24) is 19.8 Å². The zero-order chi connectivity index (χ0) is 21.9. The summed E-state index contributed by atoms with van der Waals surface area (Å²) in [6.07, 6.45) is 0.750. The molecule has 2 N–H and O–H groups in total. The average Bonchev–Trinajstić information content (AvgIpc) is 3.31. The number of carbonyl (C=O) groups excluding carboxylic acids is 2. The third-order valence-corrected chi connectivity index (χ3v) is 5.63. The number of nitrogens with one attached hydrogen (secondary N) is 1. The minimum atomic E-state index is -0.923. The fourth-order valence-corrected chi connectivity index (χ4v) is 4.08. The van der Waals surface area contributed by atoms with E-state index in [1.54, 1.807) is 18.2 Å². The Morgan fingerprint density at radius 2 is 2.19 bits per heavy atom. The van der Waals surface area contributed by atoms with Crippen molar-refractivity contribution in [3.63, 3.8) is 0 Å². The molecule has 31 heavy (non-hydrogen) atoms. The number of aromatic hydroxyl groups is 1. The SMILES string of the molecule is C[C@H]1CO[C@@H]2Cn3cc(C(=O)NCc4nc5cc(Cl)ccc5o4)c(=O)c(O)c3C(=O)N12. The third kappa shape index (κ3) is 3.15. The summed E-state index contributed by atoms with van der Waals surface area (Å²) in [6, 6.07) is 4.78. The molecule has 1 saturated heterocycles. The van der Waals surface area contributed by atoms with Gasteiger partial charge in [0.2, 0.25) is 11.3 Å². The largest absolute Gasteiger partial charge is 0.503 e. The fraction of sp³-hybridized carbons (Fsp3) is 0.300. The molecule has 2 aromatic heterocycles. The molecule has 2 atom stereocenters. The molecule has 0 aliphatic carbocycles. The molecule has 2 aliphatic rings. The molecule has 1 aromatic carbocycles. The number of benzene rings is 1. The minimum Gasteiger partial charge on any atom is -0.503 e. The van der Waals surface area contributed by atoms with Crippen molar-refractivity contribution in [1.29, 1.82) is 0 Å². The van der Waals surface area contributed by atoms with E-state index in [9.17, 15) is 19.5 Å². The summed E-state index contributed by atoms with van der Waals surface area (Å²) in [4.78, 5) is 43.8. The fourth-order valence-electron chi connectivity index (χ4n) is 3.91. The van der Waals surface area contributed by atoms with Gasteiger partial charge in [-0.3, -0.25) is 14.4 Å². The lowest BCUT2D eigenvalue weighted by atomic mass is 10.1. The van der Waals surface area contributed by atoms with E-state index in [1.165, 1.54) is 15.7 Å². The lowest BCUT2D eigenvalue weighted by Gasteiger charge is -2.33. The molecule has 10 nitrogen and oxygen atoms in total. The van der Waals surface area contributed by atoms with Crippen LogP contribution in [-0.2, 0) is 17.8 Å². The zero-order valence-corrected chi connectivity index (χ0v) is 17.0. The van der Waals surface area contributed by atoms with E-state index in [-0.39, 0.29) is 36.3 Å². The van der Waals surface area contributed by atoms with Crippen molar-refractivity contribution in [2.75, 3.05) is 6.61 Å². The van der Waals surface area contributed by atoms with Crippen molar-refractivity contribution < 1.29 is 23.8 Å². The summed E-state index contributed by atoms with van der Waals surface area (Å²) in [5, 5.41) is 13.5. The molecule has 2 aliphatic heterocycles. The molecule has 0 radical (unpaired) electrons. The van der Waals surface area contributed by atoms with Crippen LogP contribution in [0.25, 0.3) is 11.1 Å². The zero-order valence-electron chi connectivity index (χ0n) is 16.3. The number of ether oxygens (including phenoxy) is 1. The van der Waals surface area contributed by atoms with Gasteiger partial charge in [-0.25, -0.2) is 4.98 Å². The summed E-state index contributed by atoms with van der Waals surface area (Å²) in [6.45, 7) is 2.30. The minimum absolute atomic E-state index is 0.0803. The normalized spacial score (nSPS) is 20.1. The maximum atomic E-state index is 12.8. The van der Waals surface area contributed by atoms with E-state index >= 15 is 0 Å². The van der Waals surface area contributed by atoms with Gasteiger partial charge < -0.3 is 29.0 Å². The number of nitrogens with zero attached hydrogens (tertiary/aromatic N) is 3. The van der Waals surface area contributed by atoms with E-state index in [0.29, 0.717) is 22.7 Å². The van der Waals surface area contributed by atoms with Crippen molar-refractivity contribution in [2.45, 2.75) is 32.3 Å². The summed E-state index contributed by atoms with van der Waals surface area (Å²) in [5.41, 5.74) is -0.322. The molecule has 0 saturated carbocycles. The second-order valence-electron chi connectivity index (χ2n) is 7.47. The number of carbonyl (C=O) groups is 2. The summed E-state index contributed by atoms with van der Waals surface area (Å²) in [5.74, 6) is -1.77. The predicted molar refractivity (Wildman–Crippen MR) is 108 cm³/mol. The van der Waals surface area contributed by atoms with Crippen LogP contribution in [-0.4, -0.2) is 50.2 Å². The highest BCUT2D eigenvalue weighted by Crippen LogP contribution is 2.29. The average molecular weight is 445 g/mol. The number of hydrogen-bond donors (Lipinski definition) is 2. The van der Waals surface area contributed by atoms with Crippen LogP contribution in [0.4, 0.5) is 0 Å². The van der Waals surface area contributed by atoms with Crippen LogP contribution >= 0.6 is 11.6 Å². The van der Waals surface area contributed by atoms with E-state index < -0.39 is 29.2 Å². The highest BCUT2D eigenvalue weighted by molar-refractivity contribution is 6.31. The van der Waals surface area contributed by atoms with Gasteiger partial charge in [0.25, 0.3) is 11.8 Å². The van der Waals surface area contributed by atoms with Crippen LogP contribution in [0.5, 0.6) is 5.75 Å². The molecule has 4 heterocycles. The smallest absolute Gasteiger partial charge is 0.276 e. The van der Waals surface area contributed by atoms with Crippen molar-refractivity contribution >= 4 is 34.5 Å². The molecule has 2 amide bonds. The summed E-state index contributed by atoms with van der Waals surface area (Å²) < 4.78 is 12.5. The van der Waals surface area contributed by atoms with Gasteiger partial charge >= 0.3 is 0 Å². The first kappa shape index (κ1) is 19.6. The third-order valence-electron chi connectivity index (χ3n) is 5.40. The molecule has 1 fully saturated rings. The Morgan fingerprint density at radius 3 is 3.00 bits per heavy atom. The van der Waals surface area contributed by atoms with Gasteiger partial charge in [-0.2, -0.15) is 0 Å². The van der Waals surface area contributed by atoms with Gasteiger partial charge in [0.1, 0.15) is 11.1 Å². The van der Waals surface area contributed by atoms with Crippen LogP contribution in [0.15, 0.2) is 33.6 Å². The number of hydrogen-bond acceptors (Lipinski definition) is 7. The topological polar surface area (TPSA) is 127 Å². The van der Waals surface area contributed by atoms with E-state index in [1.807, 2.05) is 6.92 Å². The second-order valence-corrected chi connectivity index (χ2v) is 7.91. The molecule has 160 valence electrons. The Hall–Kier alpha value is -3.37. The number of oxazole rings is 1. The van der Waals surface area contributed by atoms with Gasteiger partial charge in [-0.15, -0.1) is 0 Å². The van der Waals surface area contributed by atoms with Crippen LogP contribution in [0.2, 0.25) is 5.02 Å². The Balaban J connectivity index is 1.41. The molecule has 11 heteroatoms. The Labute approximate surface area is 180 Å². The highest BCUT2D eigenvalue weighted by atomic mass is 35.5. The van der Waals surface area contributed by atoms with Gasteiger partial charge in [-0.05, 0) is 25.1 Å². The Kier molecular flexibility index (Phi) is 4.49. The number of aromatic nitrogens is 2. The monoisotopic (exact) mass is 444 g/mol. The van der Waals surface area contributed by atoms with Crippen LogP contribution in [0.1, 0.15) is 33.7 Å². The van der Waals surface area contributed by atoms with E-state index in [2.05, 4.69) is 10.3 Å². The van der Waals surface area contributed by atoms with Gasteiger partial charge in [0.15, 0.2) is 23.3 Å².